The standard InChI is InChI=1S/C32H46N8/c1-21-26-19-38(30-29-28(33-23(3)34-30)22(2)35-37(29)4)18-11-27(26)39(36-21)20-31-12-15-32(16-13-31,17-14-31)40(24-7-5-8-24)25-9-6-10-25/h24-25H,5-20H2,1-4H3. The number of fused-ring (bicyclic) bond motifs is 5. The fourth-order valence-electron chi connectivity index (χ4n) is 9.21. The largest absolute Gasteiger partial charge is 0.350 e. The Hall–Kier alpha value is -2.48. The van der Waals surface area contributed by atoms with Crippen molar-refractivity contribution in [2.24, 2.45) is 12.5 Å². The Labute approximate surface area is 238 Å². The van der Waals surface area contributed by atoms with Gasteiger partial charge in [0.1, 0.15) is 16.9 Å². The predicted molar refractivity (Wildman–Crippen MR) is 157 cm³/mol. The van der Waals surface area contributed by atoms with E-state index in [1.165, 1.54) is 94.0 Å². The number of aryl methyl sites for hydroxylation is 4. The number of anilines is 1. The average molecular weight is 543 g/mol. The van der Waals surface area contributed by atoms with E-state index in [-0.39, 0.29) is 0 Å². The van der Waals surface area contributed by atoms with Crippen LogP contribution in [-0.2, 0) is 26.6 Å². The molecule has 4 heterocycles. The van der Waals surface area contributed by atoms with Crippen molar-refractivity contribution >= 4 is 16.9 Å². The molecule has 9 rings (SSSR count). The van der Waals surface area contributed by atoms with Crippen LogP contribution in [0.5, 0.6) is 0 Å². The van der Waals surface area contributed by atoms with Gasteiger partial charge in [-0.05, 0) is 90.4 Å². The van der Waals surface area contributed by atoms with E-state index in [1.807, 2.05) is 25.6 Å². The lowest BCUT2D eigenvalue weighted by atomic mass is 9.55. The molecule has 0 unspecified atom stereocenters. The fraction of sp³-hybridized carbons (Fsp3) is 0.750. The van der Waals surface area contributed by atoms with E-state index in [9.17, 15) is 0 Å². The highest BCUT2D eigenvalue weighted by Crippen LogP contribution is 2.58. The van der Waals surface area contributed by atoms with Gasteiger partial charge in [0.2, 0.25) is 0 Å². The second-order valence-corrected chi connectivity index (χ2v) is 14.1. The number of rotatable bonds is 6. The highest BCUT2D eigenvalue weighted by molar-refractivity contribution is 5.88. The van der Waals surface area contributed by atoms with Crippen molar-refractivity contribution in [3.05, 3.63) is 28.5 Å². The van der Waals surface area contributed by atoms with E-state index in [0.717, 1.165) is 66.5 Å². The molecule has 0 atom stereocenters. The molecule has 1 aliphatic heterocycles. The van der Waals surface area contributed by atoms with Gasteiger partial charge >= 0.3 is 0 Å². The van der Waals surface area contributed by atoms with Crippen LogP contribution in [0.1, 0.15) is 106 Å². The third kappa shape index (κ3) is 3.73. The molecular formula is C32H46N8. The molecule has 5 fully saturated rings. The van der Waals surface area contributed by atoms with Crippen molar-refractivity contribution in [1.29, 1.82) is 0 Å². The molecule has 8 nitrogen and oxygen atoms in total. The zero-order chi connectivity index (χ0) is 27.2. The minimum atomic E-state index is 0.443. The molecule has 0 amide bonds. The van der Waals surface area contributed by atoms with Gasteiger partial charge < -0.3 is 4.90 Å². The van der Waals surface area contributed by atoms with Crippen LogP contribution in [0.4, 0.5) is 5.82 Å². The van der Waals surface area contributed by atoms with E-state index < -0.39 is 0 Å². The first-order chi connectivity index (χ1) is 19.3. The molecule has 0 spiro atoms. The molecule has 214 valence electrons. The first-order valence-corrected chi connectivity index (χ1v) is 16.1. The molecule has 3 aromatic rings. The van der Waals surface area contributed by atoms with Crippen LogP contribution in [0, 0.1) is 26.2 Å². The molecule has 6 aliphatic rings. The summed E-state index contributed by atoms with van der Waals surface area (Å²) in [5.41, 5.74) is 8.02. The van der Waals surface area contributed by atoms with E-state index >= 15 is 0 Å². The average Bonchev–Trinajstić information content (AvgIpc) is 3.36. The number of hydrogen-bond donors (Lipinski definition) is 0. The van der Waals surface area contributed by atoms with Crippen molar-refractivity contribution in [3.63, 3.8) is 0 Å². The van der Waals surface area contributed by atoms with Gasteiger partial charge in [0.15, 0.2) is 5.82 Å². The first kappa shape index (κ1) is 25.2. The van der Waals surface area contributed by atoms with E-state index in [4.69, 9.17) is 15.1 Å². The Balaban J connectivity index is 1.02. The maximum absolute atomic E-state index is 5.21. The van der Waals surface area contributed by atoms with Crippen LogP contribution in [0.2, 0.25) is 0 Å². The lowest BCUT2D eigenvalue weighted by molar-refractivity contribution is -0.126. The van der Waals surface area contributed by atoms with Crippen LogP contribution in [-0.4, -0.2) is 58.6 Å². The molecule has 40 heavy (non-hydrogen) atoms. The fourth-order valence-corrected chi connectivity index (χ4v) is 9.21. The molecular weight excluding hydrogens is 496 g/mol. The minimum absolute atomic E-state index is 0.443. The van der Waals surface area contributed by atoms with E-state index in [2.05, 4.69) is 26.5 Å². The lowest BCUT2D eigenvalue weighted by Crippen LogP contribution is -2.65. The van der Waals surface area contributed by atoms with Gasteiger partial charge in [-0.1, -0.05) is 12.8 Å². The number of nitrogens with zero attached hydrogens (tertiary/aromatic N) is 8. The molecule has 0 aromatic carbocycles. The Morgan fingerprint density at radius 3 is 2.15 bits per heavy atom. The van der Waals surface area contributed by atoms with E-state index in [1.54, 1.807) is 0 Å². The Morgan fingerprint density at radius 2 is 1.52 bits per heavy atom. The van der Waals surface area contributed by atoms with E-state index in [0.29, 0.717) is 11.0 Å². The Kier molecular flexibility index (Phi) is 5.69. The van der Waals surface area contributed by atoms with Gasteiger partial charge in [-0.15, -0.1) is 0 Å². The summed E-state index contributed by atoms with van der Waals surface area (Å²) in [7, 11) is 2.01. The zero-order valence-electron chi connectivity index (χ0n) is 25.0. The topological polar surface area (TPSA) is 67.9 Å². The second-order valence-electron chi connectivity index (χ2n) is 14.1. The predicted octanol–water partition coefficient (Wildman–Crippen LogP) is 5.55. The Bertz CT molecular complexity index is 1420. The molecule has 2 bridgehead atoms. The molecule has 0 saturated heterocycles. The van der Waals surface area contributed by atoms with Crippen LogP contribution in [0.15, 0.2) is 0 Å². The summed E-state index contributed by atoms with van der Waals surface area (Å²) in [5.74, 6) is 1.83. The molecule has 0 radical (unpaired) electrons. The third-order valence-electron chi connectivity index (χ3n) is 11.9. The van der Waals surface area contributed by atoms with Gasteiger partial charge in [-0.2, -0.15) is 10.2 Å². The number of hydrogen-bond acceptors (Lipinski definition) is 6. The van der Waals surface area contributed by atoms with Crippen LogP contribution < -0.4 is 4.90 Å². The minimum Gasteiger partial charge on any atom is -0.350 e. The smallest absolute Gasteiger partial charge is 0.158 e. The van der Waals surface area contributed by atoms with Gasteiger partial charge in [0, 0.05) is 62.0 Å². The lowest BCUT2D eigenvalue weighted by Gasteiger charge is -2.63. The Morgan fingerprint density at radius 1 is 0.850 bits per heavy atom. The quantitative estimate of drug-likeness (QED) is 0.407. The SMILES string of the molecule is Cc1nc(N2CCc3c(c(C)nn3CC34CCC(N(C5CCC5)C5CCC5)(CC3)CC4)C2)c2c(n1)c(C)nn2C. The van der Waals surface area contributed by atoms with Gasteiger partial charge in [0.05, 0.1) is 11.4 Å². The molecule has 0 N–H and O–H groups in total. The number of aromatic nitrogens is 6. The summed E-state index contributed by atoms with van der Waals surface area (Å²) >= 11 is 0. The summed E-state index contributed by atoms with van der Waals surface area (Å²) in [6.45, 7) is 9.19. The molecule has 8 heteroatoms. The maximum Gasteiger partial charge on any atom is 0.158 e. The van der Waals surface area contributed by atoms with Gasteiger partial charge in [-0.25, -0.2) is 9.97 Å². The van der Waals surface area contributed by atoms with Crippen LogP contribution in [0.25, 0.3) is 11.0 Å². The normalized spacial score (nSPS) is 28.8. The van der Waals surface area contributed by atoms with Crippen molar-refractivity contribution in [2.45, 2.75) is 135 Å². The van der Waals surface area contributed by atoms with Crippen LogP contribution >= 0.6 is 0 Å². The van der Waals surface area contributed by atoms with Crippen molar-refractivity contribution in [1.82, 2.24) is 34.4 Å². The summed E-state index contributed by atoms with van der Waals surface area (Å²) < 4.78 is 4.40. The van der Waals surface area contributed by atoms with Crippen LogP contribution in [0.3, 0.4) is 0 Å². The van der Waals surface area contributed by atoms with Gasteiger partial charge in [0.25, 0.3) is 0 Å². The second kappa shape index (κ2) is 9.01. The van der Waals surface area contributed by atoms with Crippen molar-refractivity contribution < 1.29 is 0 Å². The molecule has 3 aromatic heterocycles. The summed E-state index contributed by atoms with van der Waals surface area (Å²) in [6.07, 6.45) is 18.2. The molecule has 5 aliphatic carbocycles. The summed E-state index contributed by atoms with van der Waals surface area (Å²) in [4.78, 5) is 15.2. The molecule has 5 saturated carbocycles. The summed E-state index contributed by atoms with van der Waals surface area (Å²) in [5, 5.41) is 9.87. The van der Waals surface area contributed by atoms with Gasteiger partial charge in [-0.3, -0.25) is 14.3 Å². The summed E-state index contributed by atoms with van der Waals surface area (Å²) in [6, 6.07) is 1.80. The highest BCUT2D eigenvalue weighted by atomic mass is 15.3. The monoisotopic (exact) mass is 542 g/mol. The maximum atomic E-state index is 5.21. The third-order valence-corrected chi connectivity index (χ3v) is 11.9. The zero-order valence-corrected chi connectivity index (χ0v) is 25.0. The van der Waals surface area contributed by atoms with Crippen molar-refractivity contribution in [3.8, 4) is 0 Å². The van der Waals surface area contributed by atoms with Crippen molar-refractivity contribution in [2.75, 3.05) is 11.4 Å². The highest BCUT2D eigenvalue weighted by Gasteiger charge is 2.55. The first-order valence-electron chi connectivity index (χ1n) is 16.1.